The number of piperidine rings is 1. The number of benzene rings is 1. The van der Waals surface area contributed by atoms with Crippen LogP contribution in [0.2, 0.25) is 0 Å². The van der Waals surface area contributed by atoms with Crippen LogP contribution in [0.1, 0.15) is 24.5 Å². The monoisotopic (exact) mass is 295 g/mol. The predicted octanol–water partition coefficient (Wildman–Crippen LogP) is 2.64. The second kappa shape index (κ2) is 5.93. The maximum Gasteiger partial charge on any atom is 0.0958 e. The molecule has 0 bridgehead atoms. The van der Waals surface area contributed by atoms with Crippen molar-refractivity contribution in [1.29, 1.82) is 0 Å². The summed E-state index contributed by atoms with van der Waals surface area (Å²) in [7, 11) is 0. The Labute approximate surface area is 130 Å². The third-order valence-electron chi connectivity index (χ3n) is 4.65. The molecule has 3 aromatic rings. The van der Waals surface area contributed by atoms with Crippen LogP contribution in [0.4, 0.5) is 0 Å². The Morgan fingerprint density at radius 2 is 2.14 bits per heavy atom. The van der Waals surface area contributed by atoms with Crippen molar-refractivity contribution >= 4 is 11.0 Å². The first-order valence-corrected chi connectivity index (χ1v) is 8.01. The molecule has 3 heterocycles. The van der Waals surface area contributed by atoms with Gasteiger partial charge in [-0.1, -0.05) is 12.1 Å². The average molecular weight is 295 g/mol. The second-order valence-corrected chi connectivity index (χ2v) is 6.08. The lowest BCUT2D eigenvalue weighted by molar-refractivity contribution is 0.200. The molecule has 1 fully saturated rings. The third-order valence-corrected chi connectivity index (χ3v) is 4.65. The van der Waals surface area contributed by atoms with E-state index in [0.717, 1.165) is 25.2 Å². The van der Waals surface area contributed by atoms with Gasteiger partial charge in [-0.2, -0.15) is 5.10 Å². The number of hydrogen-bond donors (Lipinski definition) is 1. The van der Waals surface area contributed by atoms with E-state index in [1.54, 1.807) is 0 Å². The molecular formula is C17H21N5. The van der Waals surface area contributed by atoms with Crippen LogP contribution >= 0.6 is 0 Å². The number of aromatic nitrogens is 4. The number of imidazole rings is 1. The maximum absolute atomic E-state index is 4.47. The highest BCUT2D eigenvalue weighted by Gasteiger charge is 2.22. The number of nitrogens with one attached hydrogen (secondary N) is 1. The molecule has 1 aromatic carbocycles. The normalized spacial score (nSPS) is 19.7. The number of hydrogen-bond acceptors (Lipinski definition) is 3. The quantitative estimate of drug-likeness (QED) is 0.805. The zero-order valence-electron chi connectivity index (χ0n) is 12.7. The summed E-state index contributed by atoms with van der Waals surface area (Å²) in [6, 6.07) is 10.4. The molecule has 0 radical (unpaired) electrons. The van der Waals surface area contributed by atoms with E-state index >= 15 is 0 Å². The number of H-pyrrole nitrogens is 1. The Kier molecular flexibility index (Phi) is 3.64. The van der Waals surface area contributed by atoms with Gasteiger partial charge in [0.2, 0.25) is 0 Å². The Bertz CT molecular complexity index is 730. The Morgan fingerprint density at radius 1 is 1.18 bits per heavy atom. The van der Waals surface area contributed by atoms with E-state index < -0.39 is 0 Å². The standard InChI is InChI=1S/C17H21N5/c1-2-6-17-16(5-1)18-13-22(17)11-10-21-9-3-4-14(12-21)15-7-8-19-20-15/h1-2,5-8,13-14H,3-4,9-12H2,(H,19,20)/t14-/m1/s1. The molecule has 1 saturated heterocycles. The first kappa shape index (κ1) is 13.5. The van der Waals surface area contributed by atoms with Crippen molar-refractivity contribution in [2.75, 3.05) is 19.6 Å². The molecule has 1 aliphatic rings. The summed E-state index contributed by atoms with van der Waals surface area (Å²) in [5, 5.41) is 7.22. The first-order chi connectivity index (χ1) is 10.9. The fraction of sp³-hybridized carbons (Fsp3) is 0.412. The van der Waals surface area contributed by atoms with Crippen molar-refractivity contribution in [2.24, 2.45) is 0 Å². The van der Waals surface area contributed by atoms with Crippen molar-refractivity contribution in [3.63, 3.8) is 0 Å². The molecule has 5 heteroatoms. The lowest BCUT2D eigenvalue weighted by Crippen LogP contribution is -2.36. The summed E-state index contributed by atoms with van der Waals surface area (Å²) in [6.07, 6.45) is 6.33. The molecule has 1 N–H and O–H groups in total. The van der Waals surface area contributed by atoms with Crippen molar-refractivity contribution in [3.8, 4) is 0 Å². The van der Waals surface area contributed by atoms with Crippen LogP contribution in [0, 0.1) is 0 Å². The summed E-state index contributed by atoms with van der Waals surface area (Å²) in [6.45, 7) is 4.38. The number of aromatic amines is 1. The lowest BCUT2D eigenvalue weighted by atomic mass is 9.95. The van der Waals surface area contributed by atoms with Gasteiger partial charge in [-0.25, -0.2) is 4.98 Å². The predicted molar refractivity (Wildman–Crippen MR) is 86.7 cm³/mol. The molecular weight excluding hydrogens is 274 g/mol. The molecule has 5 nitrogen and oxygen atoms in total. The van der Waals surface area contributed by atoms with Crippen molar-refractivity contribution < 1.29 is 0 Å². The molecule has 0 unspecified atom stereocenters. The third kappa shape index (κ3) is 2.64. The number of nitrogens with zero attached hydrogens (tertiary/aromatic N) is 4. The van der Waals surface area contributed by atoms with Crippen LogP contribution in [-0.2, 0) is 6.54 Å². The summed E-state index contributed by atoms with van der Waals surface area (Å²) < 4.78 is 2.26. The molecule has 0 aliphatic carbocycles. The van der Waals surface area contributed by atoms with Crippen LogP contribution in [0.25, 0.3) is 11.0 Å². The lowest BCUT2D eigenvalue weighted by Gasteiger charge is -2.32. The van der Waals surface area contributed by atoms with Gasteiger partial charge in [0.25, 0.3) is 0 Å². The molecule has 0 spiro atoms. The number of para-hydroxylation sites is 2. The molecule has 1 atom stereocenters. The highest BCUT2D eigenvalue weighted by molar-refractivity contribution is 5.74. The van der Waals surface area contributed by atoms with Crippen LogP contribution in [-0.4, -0.2) is 44.3 Å². The van der Waals surface area contributed by atoms with Gasteiger partial charge >= 0.3 is 0 Å². The second-order valence-electron chi connectivity index (χ2n) is 6.08. The minimum Gasteiger partial charge on any atom is -0.329 e. The molecule has 4 rings (SSSR count). The van der Waals surface area contributed by atoms with Gasteiger partial charge in [-0.05, 0) is 37.6 Å². The molecule has 2 aromatic heterocycles. The van der Waals surface area contributed by atoms with Gasteiger partial charge in [0.1, 0.15) is 0 Å². The van der Waals surface area contributed by atoms with Crippen LogP contribution in [0.3, 0.4) is 0 Å². The Balaban J connectivity index is 1.41. The average Bonchev–Trinajstić information content (AvgIpc) is 3.23. The Hall–Kier alpha value is -2.14. The number of likely N-dealkylation sites (tertiary alicyclic amines) is 1. The molecule has 1 aliphatic heterocycles. The molecule has 0 amide bonds. The fourth-order valence-electron chi connectivity index (χ4n) is 3.44. The van der Waals surface area contributed by atoms with Gasteiger partial charge < -0.3 is 9.47 Å². The van der Waals surface area contributed by atoms with E-state index in [-0.39, 0.29) is 0 Å². The zero-order chi connectivity index (χ0) is 14.8. The minimum absolute atomic E-state index is 0.593. The number of rotatable bonds is 4. The maximum atomic E-state index is 4.47. The smallest absolute Gasteiger partial charge is 0.0958 e. The first-order valence-electron chi connectivity index (χ1n) is 8.01. The van der Waals surface area contributed by atoms with Crippen LogP contribution in [0.5, 0.6) is 0 Å². The number of fused-ring (bicyclic) bond motifs is 1. The minimum atomic E-state index is 0.593. The molecule has 114 valence electrons. The van der Waals surface area contributed by atoms with Gasteiger partial charge in [0.15, 0.2) is 0 Å². The highest BCUT2D eigenvalue weighted by atomic mass is 15.2. The molecule has 0 saturated carbocycles. The van der Waals surface area contributed by atoms with Gasteiger partial charge in [0, 0.05) is 37.4 Å². The van der Waals surface area contributed by atoms with Crippen LogP contribution in [0.15, 0.2) is 42.9 Å². The summed E-state index contributed by atoms with van der Waals surface area (Å²) >= 11 is 0. The van der Waals surface area contributed by atoms with E-state index in [2.05, 4.69) is 48.9 Å². The van der Waals surface area contributed by atoms with Gasteiger partial charge in [0.05, 0.1) is 17.4 Å². The van der Waals surface area contributed by atoms with E-state index in [9.17, 15) is 0 Å². The van der Waals surface area contributed by atoms with Crippen molar-refractivity contribution in [2.45, 2.75) is 25.3 Å². The highest BCUT2D eigenvalue weighted by Crippen LogP contribution is 2.25. The van der Waals surface area contributed by atoms with E-state index in [4.69, 9.17) is 0 Å². The summed E-state index contributed by atoms with van der Waals surface area (Å²) in [4.78, 5) is 7.03. The van der Waals surface area contributed by atoms with Gasteiger partial charge in [-0.3, -0.25) is 5.10 Å². The van der Waals surface area contributed by atoms with E-state index in [1.165, 1.54) is 30.6 Å². The van der Waals surface area contributed by atoms with Gasteiger partial charge in [-0.15, -0.1) is 0 Å². The summed E-state index contributed by atoms with van der Waals surface area (Å²) in [5.41, 5.74) is 3.58. The van der Waals surface area contributed by atoms with E-state index in [0.29, 0.717) is 5.92 Å². The summed E-state index contributed by atoms with van der Waals surface area (Å²) in [5.74, 6) is 0.593. The Morgan fingerprint density at radius 3 is 3.05 bits per heavy atom. The van der Waals surface area contributed by atoms with Crippen LogP contribution < -0.4 is 0 Å². The van der Waals surface area contributed by atoms with E-state index in [1.807, 2.05) is 18.6 Å². The largest absolute Gasteiger partial charge is 0.329 e. The fourth-order valence-corrected chi connectivity index (χ4v) is 3.44. The van der Waals surface area contributed by atoms with Crippen molar-refractivity contribution in [3.05, 3.63) is 48.5 Å². The topological polar surface area (TPSA) is 49.7 Å². The zero-order valence-corrected chi connectivity index (χ0v) is 12.7. The SMILES string of the molecule is c1ccc2c(c1)ncn2CCN1CCC[C@@H](c2ccn[nH]2)C1. The van der Waals surface area contributed by atoms with Crippen molar-refractivity contribution in [1.82, 2.24) is 24.6 Å². The molecule has 22 heavy (non-hydrogen) atoms.